The standard InChI is InChI=1S/C30H31Cl2FN6O3S/c1-16(2)39-29-22(17-3-7-20(8-4-17)36-21-14-42-15-21)13-35-30(34)27(29)28(37-39)18-5-10-25(24(33)11-18)38-43(40,41)26-12-19(31)6-9-23(26)32/h3,5-6,9-13,16,20-21,36,38H,4,7-8,14-15H2,1-2H3,(H2,34,35). The van der Waals surface area contributed by atoms with E-state index < -0.39 is 15.8 Å². The normalized spacial score (nSPS) is 17.7. The van der Waals surface area contributed by atoms with E-state index in [2.05, 4.69) is 21.1 Å². The van der Waals surface area contributed by atoms with E-state index in [-0.39, 0.29) is 32.5 Å². The van der Waals surface area contributed by atoms with Crippen LogP contribution in [0, 0.1) is 5.82 Å². The van der Waals surface area contributed by atoms with Crippen molar-refractivity contribution in [1.82, 2.24) is 20.1 Å². The highest BCUT2D eigenvalue weighted by Crippen LogP contribution is 2.40. The fourth-order valence-electron chi connectivity index (χ4n) is 5.53. The molecule has 1 fully saturated rings. The molecule has 3 heterocycles. The summed E-state index contributed by atoms with van der Waals surface area (Å²) >= 11 is 12.0. The number of aromatic nitrogens is 3. The minimum Gasteiger partial charge on any atom is -0.383 e. The van der Waals surface area contributed by atoms with Gasteiger partial charge in [0, 0.05) is 34.4 Å². The van der Waals surface area contributed by atoms with Crippen molar-refractivity contribution in [1.29, 1.82) is 0 Å². The molecule has 0 amide bonds. The summed E-state index contributed by atoms with van der Waals surface area (Å²) < 4.78 is 50.9. The monoisotopic (exact) mass is 644 g/mol. The van der Waals surface area contributed by atoms with Crippen LogP contribution in [0.3, 0.4) is 0 Å². The number of pyridine rings is 1. The highest BCUT2D eigenvalue weighted by molar-refractivity contribution is 7.92. The predicted molar refractivity (Wildman–Crippen MR) is 168 cm³/mol. The maximum atomic E-state index is 15.5. The van der Waals surface area contributed by atoms with E-state index in [4.69, 9.17) is 38.8 Å². The van der Waals surface area contributed by atoms with Crippen molar-refractivity contribution in [2.24, 2.45) is 0 Å². The van der Waals surface area contributed by atoms with Crippen LogP contribution >= 0.6 is 23.2 Å². The van der Waals surface area contributed by atoms with Crippen LogP contribution < -0.4 is 15.8 Å². The van der Waals surface area contributed by atoms with Gasteiger partial charge in [0.1, 0.15) is 22.2 Å². The van der Waals surface area contributed by atoms with Gasteiger partial charge < -0.3 is 15.8 Å². The second-order valence-corrected chi connectivity index (χ2v) is 13.6. The van der Waals surface area contributed by atoms with Gasteiger partial charge in [-0.2, -0.15) is 5.10 Å². The maximum Gasteiger partial charge on any atom is 0.263 e. The summed E-state index contributed by atoms with van der Waals surface area (Å²) in [6.07, 6.45) is 6.78. The van der Waals surface area contributed by atoms with Crippen molar-refractivity contribution >= 4 is 61.2 Å². The SMILES string of the molecule is CC(C)n1nc(-c2ccc(NS(=O)(=O)c3cc(Cl)ccc3Cl)c(F)c2)c2c(N)ncc(C3=CCC(NC4COC4)CC3)c21. The predicted octanol–water partition coefficient (Wildman–Crippen LogP) is 6.43. The van der Waals surface area contributed by atoms with Gasteiger partial charge in [-0.05, 0) is 69.0 Å². The Morgan fingerprint density at radius 3 is 2.58 bits per heavy atom. The molecule has 1 saturated heterocycles. The van der Waals surface area contributed by atoms with Gasteiger partial charge in [0.05, 0.1) is 40.9 Å². The van der Waals surface area contributed by atoms with E-state index >= 15 is 4.39 Å². The van der Waals surface area contributed by atoms with Gasteiger partial charge in [-0.1, -0.05) is 35.3 Å². The topological polar surface area (TPSA) is 124 Å². The van der Waals surface area contributed by atoms with Gasteiger partial charge >= 0.3 is 0 Å². The van der Waals surface area contributed by atoms with E-state index in [1.165, 1.54) is 35.9 Å². The number of allylic oxidation sites excluding steroid dienone is 1. The summed E-state index contributed by atoms with van der Waals surface area (Å²) in [6.45, 7) is 5.56. The number of benzene rings is 2. The first kappa shape index (κ1) is 29.8. The number of nitrogens with zero attached hydrogens (tertiary/aromatic N) is 3. The number of sulfonamides is 1. The highest BCUT2D eigenvalue weighted by atomic mass is 35.5. The highest BCUT2D eigenvalue weighted by Gasteiger charge is 2.27. The van der Waals surface area contributed by atoms with E-state index in [1.807, 2.05) is 18.5 Å². The third kappa shape index (κ3) is 5.84. The molecule has 1 unspecified atom stereocenters. The molecule has 1 atom stereocenters. The molecule has 0 saturated carbocycles. The van der Waals surface area contributed by atoms with Crippen LogP contribution in [0.25, 0.3) is 27.7 Å². The van der Waals surface area contributed by atoms with Gasteiger partial charge in [-0.25, -0.2) is 17.8 Å². The number of nitrogens with two attached hydrogens (primary N) is 1. The zero-order valence-corrected chi connectivity index (χ0v) is 25.9. The summed E-state index contributed by atoms with van der Waals surface area (Å²) in [7, 11) is -4.22. The number of rotatable bonds is 8. The molecule has 0 bridgehead atoms. The molecule has 4 N–H and O–H groups in total. The molecular formula is C30H31Cl2FN6O3S. The molecule has 4 aromatic rings. The molecular weight excluding hydrogens is 614 g/mol. The van der Waals surface area contributed by atoms with Gasteiger partial charge in [0.15, 0.2) is 0 Å². The Labute approximate surface area is 259 Å². The van der Waals surface area contributed by atoms with Crippen LogP contribution in [0.15, 0.2) is 53.6 Å². The smallest absolute Gasteiger partial charge is 0.263 e. The Morgan fingerprint density at radius 2 is 1.93 bits per heavy atom. The number of hydrogen-bond donors (Lipinski definition) is 3. The number of nitrogen functional groups attached to an aromatic ring is 1. The molecule has 2 aromatic heterocycles. The molecule has 0 spiro atoms. The number of halogens is 3. The lowest BCUT2D eigenvalue weighted by molar-refractivity contribution is -0.0103. The molecule has 1 aliphatic heterocycles. The molecule has 6 rings (SSSR count). The fraction of sp³-hybridized carbons (Fsp3) is 0.333. The molecule has 2 aromatic carbocycles. The van der Waals surface area contributed by atoms with Crippen molar-refractivity contribution in [3.63, 3.8) is 0 Å². The molecule has 1 aliphatic carbocycles. The second kappa shape index (κ2) is 11.7. The molecule has 43 heavy (non-hydrogen) atoms. The average molecular weight is 646 g/mol. The van der Waals surface area contributed by atoms with Crippen molar-refractivity contribution < 1.29 is 17.5 Å². The quantitative estimate of drug-likeness (QED) is 0.202. The van der Waals surface area contributed by atoms with Crippen LogP contribution in [0.2, 0.25) is 10.0 Å². The van der Waals surface area contributed by atoms with Crippen LogP contribution in [-0.4, -0.2) is 48.5 Å². The average Bonchev–Trinajstić information content (AvgIpc) is 3.36. The molecule has 2 aliphatic rings. The fourth-order valence-corrected chi connectivity index (χ4v) is 7.36. The Hall–Kier alpha value is -3.22. The zero-order valence-electron chi connectivity index (χ0n) is 23.6. The Bertz CT molecular complexity index is 1860. The largest absolute Gasteiger partial charge is 0.383 e. The summed E-state index contributed by atoms with van der Waals surface area (Å²) in [5.41, 5.74) is 10.0. The summed E-state index contributed by atoms with van der Waals surface area (Å²) in [4.78, 5) is 4.26. The van der Waals surface area contributed by atoms with E-state index in [9.17, 15) is 8.42 Å². The third-order valence-corrected chi connectivity index (χ3v) is 9.86. The van der Waals surface area contributed by atoms with Crippen molar-refractivity contribution in [3.05, 3.63) is 70.1 Å². The minimum atomic E-state index is -4.22. The number of hydrogen-bond acceptors (Lipinski definition) is 7. The lowest BCUT2D eigenvalue weighted by atomic mass is 9.89. The molecule has 9 nitrogen and oxygen atoms in total. The van der Waals surface area contributed by atoms with Crippen LogP contribution in [-0.2, 0) is 14.8 Å². The van der Waals surface area contributed by atoms with Crippen molar-refractivity contribution in [3.8, 4) is 11.3 Å². The summed E-state index contributed by atoms with van der Waals surface area (Å²) in [5.74, 6) is -0.512. The van der Waals surface area contributed by atoms with Gasteiger partial charge in [0.2, 0.25) is 0 Å². The third-order valence-electron chi connectivity index (χ3n) is 7.78. The summed E-state index contributed by atoms with van der Waals surface area (Å²) in [6, 6.07) is 9.01. The Kier molecular flexibility index (Phi) is 8.12. The Balaban J connectivity index is 1.36. The molecule has 0 radical (unpaired) electrons. The molecule has 226 valence electrons. The van der Waals surface area contributed by atoms with Crippen LogP contribution in [0.5, 0.6) is 0 Å². The summed E-state index contributed by atoms with van der Waals surface area (Å²) in [5, 5.41) is 9.29. The number of ether oxygens (including phenoxy) is 1. The van der Waals surface area contributed by atoms with Crippen molar-refractivity contribution in [2.45, 2.75) is 56.1 Å². The first-order valence-corrected chi connectivity index (χ1v) is 16.2. The van der Waals surface area contributed by atoms with E-state index in [0.717, 1.165) is 43.6 Å². The second-order valence-electron chi connectivity index (χ2n) is 11.1. The lowest BCUT2D eigenvalue weighted by Crippen LogP contribution is -2.50. The Morgan fingerprint density at radius 1 is 1.14 bits per heavy atom. The van der Waals surface area contributed by atoms with Gasteiger partial charge in [-0.15, -0.1) is 0 Å². The maximum absolute atomic E-state index is 15.5. The number of anilines is 2. The van der Waals surface area contributed by atoms with Crippen LogP contribution in [0.4, 0.5) is 15.9 Å². The molecule has 13 heteroatoms. The first-order valence-electron chi connectivity index (χ1n) is 14.0. The lowest BCUT2D eigenvalue weighted by Gasteiger charge is -2.33. The van der Waals surface area contributed by atoms with Crippen LogP contribution in [0.1, 0.15) is 44.7 Å². The van der Waals surface area contributed by atoms with Gasteiger partial charge in [-0.3, -0.25) is 9.40 Å². The first-order chi connectivity index (χ1) is 20.5. The van der Waals surface area contributed by atoms with Crippen molar-refractivity contribution in [2.75, 3.05) is 23.7 Å². The van der Waals surface area contributed by atoms with Gasteiger partial charge in [0.25, 0.3) is 10.0 Å². The van der Waals surface area contributed by atoms with E-state index in [1.54, 1.807) is 12.3 Å². The number of nitrogens with one attached hydrogen (secondary N) is 2. The zero-order chi connectivity index (χ0) is 30.5. The number of fused-ring (bicyclic) bond motifs is 1. The minimum absolute atomic E-state index is 0.0209. The van der Waals surface area contributed by atoms with E-state index in [0.29, 0.717) is 28.7 Å².